The van der Waals surface area contributed by atoms with Gasteiger partial charge in [-0.1, -0.05) is 52.3 Å². The summed E-state index contributed by atoms with van der Waals surface area (Å²) in [5.41, 5.74) is 1.14. The van der Waals surface area contributed by atoms with Gasteiger partial charge in [0.2, 0.25) is 5.69 Å². The molecule has 3 rings (SSSR count). The number of hydrogen-bond donors (Lipinski definition) is 0. The first kappa shape index (κ1) is 20.5. The van der Waals surface area contributed by atoms with E-state index in [2.05, 4.69) is 10.3 Å². The van der Waals surface area contributed by atoms with Gasteiger partial charge in [-0.05, 0) is 42.8 Å². The van der Waals surface area contributed by atoms with E-state index in [4.69, 9.17) is 32.7 Å². The number of ether oxygens (including phenoxy) is 2. The molecule has 0 atom stereocenters. The van der Waals surface area contributed by atoms with E-state index >= 15 is 0 Å². The summed E-state index contributed by atoms with van der Waals surface area (Å²) < 4.78 is 11.9. The number of aromatic nitrogens is 3. The van der Waals surface area contributed by atoms with Gasteiger partial charge in [0.05, 0.1) is 30.3 Å². The van der Waals surface area contributed by atoms with E-state index in [1.165, 1.54) is 11.8 Å². The molecule has 0 spiro atoms. The maximum Gasteiger partial charge on any atom is 0.361 e. The average Bonchev–Trinajstić information content (AvgIpc) is 3.08. The number of methoxy groups -OCH3 is 1. The number of carbonyl (C=O) groups excluding carboxylic acids is 1. The lowest BCUT2D eigenvalue weighted by Crippen LogP contribution is -2.08. The molecule has 0 aliphatic rings. The van der Waals surface area contributed by atoms with E-state index in [1.807, 2.05) is 30.3 Å². The van der Waals surface area contributed by atoms with Crippen molar-refractivity contribution in [1.82, 2.24) is 15.0 Å². The molecule has 0 saturated carbocycles. The van der Waals surface area contributed by atoms with Crippen molar-refractivity contribution < 1.29 is 14.3 Å². The van der Waals surface area contributed by atoms with Crippen LogP contribution in [0.5, 0.6) is 5.75 Å². The average molecular weight is 438 g/mol. The van der Waals surface area contributed by atoms with Crippen LogP contribution in [0.25, 0.3) is 0 Å². The highest BCUT2D eigenvalue weighted by atomic mass is 35.5. The number of halogens is 2. The summed E-state index contributed by atoms with van der Waals surface area (Å²) in [6, 6.07) is 12.8. The van der Waals surface area contributed by atoms with Crippen LogP contribution in [-0.2, 0) is 11.3 Å². The number of carbonyl (C=O) groups is 1. The van der Waals surface area contributed by atoms with E-state index in [0.717, 1.165) is 16.2 Å². The van der Waals surface area contributed by atoms with Crippen LogP contribution < -0.4 is 4.74 Å². The Kier molecular flexibility index (Phi) is 6.83. The summed E-state index contributed by atoms with van der Waals surface area (Å²) in [6.45, 7) is 2.42. The van der Waals surface area contributed by atoms with E-state index in [1.54, 1.807) is 30.8 Å². The molecule has 0 radical (unpaired) electrons. The molecule has 6 nitrogen and oxygen atoms in total. The highest BCUT2D eigenvalue weighted by Gasteiger charge is 2.22. The van der Waals surface area contributed by atoms with Gasteiger partial charge in [-0.3, -0.25) is 0 Å². The first-order valence-electron chi connectivity index (χ1n) is 8.38. The molecule has 0 fully saturated rings. The molecule has 2 aromatic carbocycles. The second kappa shape index (κ2) is 9.32. The van der Waals surface area contributed by atoms with Crippen LogP contribution in [0.3, 0.4) is 0 Å². The Hall–Kier alpha value is -2.22. The summed E-state index contributed by atoms with van der Waals surface area (Å²) in [7, 11) is 1.62. The summed E-state index contributed by atoms with van der Waals surface area (Å²) in [5, 5.41) is 9.63. The zero-order chi connectivity index (χ0) is 20.1. The third kappa shape index (κ3) is 4.79. The molecule has 3 aromatic rings. The van der Waals surface area contributed by atoms with Gasteiger partial charge >= 0.3 is 5.97 Å². The molecule has 0 saturated heterocycles. The van der Waals surface area contributed by atoms with Crippen LogP contribution in [0.15, 0.2) is 52.4 Å². The van der Waals surface area contributed by atoms with Crippen LogP contribution in [0, 0.1) is 0 Å². The summed E-state index contributed by atoms with van der Waals surface area (Å²) in [5.74, 6) is 0.242. The number of hydrogen-bond acceptors (Lipinski definition) is 6. The Morgan fingerprint density at radius 3 is 2.54 bits per heavy atom. The summed E-state index contributed by atoms with van der Waals surface area (Å²) >= 11 is 13.4. The maximum absolute atomic E-state index is 12.3. The van der Waals surface area contributed by atoms with Gasteiger partial charge in [-0.2, -0.15) is 0 Å². The van der Waals surface area contributed by atoms with Gasteiger partial charge in [0.15, 0.2) is 0 Å². The van der Waals surface area contributed by atoms with Crippen LogP contribution in [0.4, 0.5) is 0 Å². The normalized spacial score (nSPS) is 10.7. The molecule has 0 amide bonds. The minimum Gasteiger partial charge on any atom is -0.497 e. The molecule has 9 heteroatoms. The first-order valence-corrected chi connectivity index (χ1v) is 9.95. The third-order valence-electron chi connectivity index (χ3n) is 3.76. The second-order valence-electron chi connectivity index (χ2n) is 5.65. The molecule has 0 bridgehead atoms. The molecular formula is C19H17Cl2N3O3S. The molecule has 0 aliphatic heterocycles. The van der Waals surface area contributed by atoms with Gasteiger partial charge < -0.3 is 9.47 Å². The zero-order valence-corrected chi connectivity index (χ0v) is 17.5. The van der Waals surface area contributed by atoms with Crippen molar-refractivity contribution in [3.8, 4) is 5.75 Å². The lowest BCUT2D eigenvalue weighted by molar-refractivity contribution is 0.0515. The minimum absolute atomic E-state index is 0.159. The lowest BCUT2D eigenvalue weighted by Gasteiger charge is -2.09. The number of nitrogens with zero attached hydrogens (tertiary/aromatic N) is 3. The van der Waals surface area contributed by atoms with Crippen LogP contribution in [0.1, 0.15) is 23.0 Å². The van der Waals surface area contributed by atoms with Crippen LogP contribution in [-0.4, -0.2) is 34.7 Å². The van der Waals surface area contributed by atoms with Gasteiger partial charge in [-0.25, -0.2) is 9.48 Å². The lowest BCUT2D eigenvalue weighted by atomic mass is 10.2. The van der Waals surface area contributed by atoms with Crippen molar-refractivity contribution >= 4 is 40.9 Å². The Labute approximate surface area is 176 Å². The molecule has 0 unspecified atom stereocenters. The first-order chi connectivity index (χ1) is 13.5. The SMILES string of the molecule is CCOC(=O)c1nnn(Cc2ccc(OC)cc2)c1Sc1ccc(Cl)c(Cl)c1. The van der Waals surface area contributed by atoms with Crippen LogP contribution in [0.2, 0.25) is 10.0 Å². The van der Waals surface area contributed by atoms with Crippen molar-refractivity contribution in [3.63, 3.8) is 0 Å². The van der Waals surface area contributed by atoms with Gasteiger partial charge in [0, 0.05) is 4.90 Å². The van der Waals surface area contributed by atoms with E-state index in [0.29, 0.717) is 21.6 Å². The van der Waals surface area contributed by atoms with Gasteiger partial charge in [0.25, 0.3) is 0 Å². The highest BCUT2D eigenvalue weighted by molar-refractivity contribution is 7.99. The van der Waals surface area contributed by atoms with Crippen molar-refractivity contribution in [2.45, 2.75) is 23.4 Å². The largest absolute Gasteiger partial charge is 0.497 e. The van der Waals surface area contributed by atoms with Gasteiger partial charge in [0.1, 0.15) is 10.8 Å². The fraction of sp³-hybridized carbons (Fsp3) is 0.211. The quantitative estimate of drug-likeness (QED) is 0.486. The fourth-order valence-corrected chi connectivity index (χ4v) is 3.72. The maximum atomic E-state index is 12.3. The van der Waals surface area contributed by atoms with E-state index in [-0.39, 0.29) is 12.3 Å². The zero-order valence-electron chi connectivity index (χ0n) is 15.2. The van der Waals surface area contributed by atoms with Gasteiger partial charge in [-0.15, -0.1) is 5.10 Å². The van der Waals surface area contributed by atoms with Crippen molar-refractivity contribution in [3.05, 3.63) is 63.8 Å². The summed E-state index contributed by atoms with van der Waals surface area (Å²) in [4.78, 5) is 13.1. The molecule has 0 N–H and O–H groups in total. The molecule has 0 aliphatic carbocycles. The molecule has 1 heterocycles. The van der Waals surface area contributed by atoms with Crippen molar-refractivity contribution in [2.75, 3.05) is 13.7 Å². The fourth-order valence-electron chi connectivity index (χ4n) is 2.39. The Morgan fingerprint density at radius 1 is 1.14 bits per heavy atom. The predicted octanol–water partition coefficient (Wildman–Crippen LogP) is 4.97. The standard InChI is InChI=1S/C19H17Cl2N3O3S/c1-3-27-19(25)17-18(28-14-8-9-15(20)16(21)10-14)24(23-22-17)11-12-4-6-13(26-2)7-5-12/h4-10H,3,11H2,1-2H3. The Morgan fingerprint density at radius 2 is 1.89 bits per heavy atom. The highest BCUT2D eigenvalue weighted by Crippen LogP contribution is 2.34. The number of rotatable bonds is 7. The van der Waals surface area contributed by atoms with E-state index in [9.17, 15) is 4.79 Å². The third-order valence-corrected chi connectivity index (χ3v) is 5.58. The van der Waals surface area contributed by atoms with Crippen molar-refractivity contribution in [1.29, 1.82) is 0 Å². The number of esters is 1. The van der Waals surface area contributed by atoms with Crippen molar-refractivity contribution in [2.24, 2.45) is 0 Å². The predicted molar refractivity (Wildman–Crippen MR) is 109 cm³/mol. The van der Waals surface area contributed by atoms with Crippen LogP contribution >= 0.6 is 35.0 Å². The Bertz CT molecular complexity index is 977. The second-order valence-corrected chi connectivity index (χ2v) is 7.52. The Balaban J connectivity index is 1.94. The summed E-state index contributed by atoms with van der Waals surface area (Å²) in [6.07, 6.45) is 0. The monoisotopic (exact) mass is 437 g/mol. The topological polar surface area (TPSA) is 66.2 Å². The molecule has 1 aromatic heterocycles. The number of benzene rings is 2. The molecule has 28 heavy (non-hydrogen) atoms. The minimum atomic E-state index is -0.522. The molecular weight excluding hydrogens is 421 g/mol. The smallest absolute Gasteiger partial charge is 0.361 e. The van der Waals surface area contributed by atoms with E-state index < -0.39 is 5.97 Å². The molecule has 146 valence electrons.